The molecule has 2 rings (SSSR count). The summed E-state index contributed by atoms with van der Waals surface area (Å²) in [6.07, 6.45) is -3.95. The Morgan fingerprint density at radius 3 is 2.19 bits per heavy atom. The maximum absolute atomic E-state index is 12.5. The minimum absolute atomic E-state index is 0.395. The Kier molecular flexibility index (Phi) is 4.09. The molecular weight excluding hydrogens is 299 g/mol. The first-order valence-corrected chi connectivity index (χ1v) is 7.06. The van der Waals surface area contributed by atoms with Crippen LogP contribution in [0.2, 0.25) is 0 Å². The molecule has 0 atom stereocenters. The number of halogens is 3. The van der Waals surface area contributed by atoms with Gasteiger partial charge in [0.1, 0.15) is 0 Å². The highest BCUT2D eigenvalue weighted by Crippen LogP contribution is 2.31. The van der Waals surface area contributed by atoms with Crippen molar-refractivity contribution < 1.29 is 18.0 Å². The van der Waals surface area contributed by atoms with Crippen molar-refractivity contribution in [3.05, 3.63) is 56.3 Å². The number of aryl methyl sites for hydroxylation is 2. The number of carbonyl (C=O) groups is 1. The number of thiophene rings is 1. The maximum Gasteiger partial charge on any atom is 0.416 e. The molecule has 0 radical (unpaired) electrons. The van der Waals surface area contributed by atoms with Gasteiger partial charge in [0.05, 0.1) is 11.1 Å². The molecule has 2 aromatic rings. The highest BCUT2D eigenvalue weighted by atomic mass is 32.1. The van der Waals surface area contributed by atoms with Crippen molar-refractivity contribution >= 4 is 17.2 Å². The summed E-state index contributed by atoms with van der Waals surface area (Å²) in [6, 6.07) is 4.96. The molecule has 0 aliphatic rings. The van der Waals surface area contributed by atoms with E-state index in [9.17, 15) is 18.0 Å². The van der Waals surface area contributed by atoms with E-state index >= 15 is 0 Å². The van der Waals surface area contributed by atoms with Gasteiger partial charge in [-0.3, -0.25) is 4.79 Å². The van der Waals surface area contributed by atoms with E-state index < -0.39 is 17.6 Å². The fraction of sp³-hybridized carbons (Fsp3) is 0.267. The van der Waals surface area contributed by atoms with Gasteiger partial charge >= 0.3 is 6.18 Å². The van der Waals surface area contributed by atoms with E-state index in [-0.39, 0.29) is 0 Å². The highest BCUT2D eigenvalue weighted by Gasteiger charge is 2.30. The molecule has 0 aliphatic carbocycles. The summed E-state index contributed by atoms with van der Waals surface area (Å²) in [4.78, 5) is 13.3. The van der Waals surface area contributed by atoms with Gasteiger partial charge in [0.25, 0.3) is 0 Å². The molecule has 0 saturated heterocycles. The van der Waals surface area contributed by atoms with E-state index in [0.717, 1.165) is 27.5 Å². The molecule has 112 valence electrons. The van der Waals surface area contributed by atoms with Crippen molar-refractivity contribution in [3.8, 4) is 0 Å². The van der Waals surface area contributed by atoms with Crippen molar-refractivity contribution in [2.45, 2.75) is 26.4 Å². The normalized spacial score (nSPS) is 11.7. The smallest absolute Gasteiger partial charge is 0.366 e. The summed E-state index contributed by atoms with van der Waals surface area (Å²) < 4.78 is 37.6. The Bertz CT molecular complexity index is 671. The number of alkyl halides is 3. The second-order valence-electron chi connectivity index (χ2n) is 4.80. The molecule has 2 N–H and O–H groups in total. The van der Waals surface area contributed by atoms with Crippen LogP contribution >= 0.6 is 11.3 Å². The Hall–Kier alpha value is -1.82. The first kappa shape index (κ1) is 15.6. The predicted octanol–water partition coefficient (Wildman–Crippen LogP) is 4.07. The molecule has 1 amide bonds. The van der Waals surface area contributed by atoms with Crippen molar-refractivity contribution in [2.75, 3.05) is 0 Å². The van der Waals surface area contributed by atoms with Gasteiger partial charge in [-0.1, -0.05) is 12.1 Å². The van der Waals surface area contributed by atoms with Crippen LogP contribution in [0.15, 0.2) is 24.3 Å². The van der Waals surface area contributed by atoms with E-state index in [4.69, 9.17) is 5.73 Å². The molecule has 6 heteroatoms. The van der Waals surface area contributed by atoms with Gasteiger partial charge in [0.15, 0.2) is 0 Å². The fourth-order valence-electron chi connectivity index (χ4n) is 2.28. The van der Waals surface area contributed by atoms with Gasteiger partial charge in [-0.15, -0.1) is 11.3 Å². The summed E-state index contributed by atoms with van der Waals surface area (Å²) >= 11 is 1.47. The zero-order valence-electron chi connectivity index (χ0n) is 11.5. The lowest BCUT2D eigenvalue weighted by Crippen LogP contribution is -2.14. The Morgan fingerprint density at radius 1 is 1.14 bits per heavy atom. The van der Waals surface area contributed by atoms with Crippen LogP contribution in [0.3, 0.4) is 0 Å². The first-order valence-electron chi connectivity index (χ1n) is 6.25. The summed E-state index contributed by atoms with van der Waals surface area (Å²) in [5.41, 5.74) is 6.70. The molecule has 0 unspecified atom stereocenters. The van der Waals surface area contributed by atoms with Crippen LogP contribution in [0.25, 0.3) is 0 Å². The Labute approximate surface area is 124 Å². The molecule has 0 fully saturated rings. The van der Waals surface area contributed by atoms with Crippen molar-refractivity contribution in [1.82, 2.24) is 0 Å². The number of amides is 1. The predicted molar refractivity (Wildman–Crippen MR) is 76.6 cm³/mol. The van der Waals surface area contributed by atoms with E-state index in [1.807, 2.05) is 13.8 Å². The second-order valence-corrected chi connectivity index (χ2v) is 6.23. The number of primary amides is 1. The lowest BCUT2D eigenvalue weighted by Gasteiger charge is -2.08. The lowest BCUT2D eigenvalue weighted by atomic mass is 9.99. The average Bonchev–Trinajstić information content (AvgIpc) is 2.63. The summed E-state index contributed by atoms with van der Waals surface area (Å²) in [6.45, 7) is 3.69. The molecule has 2 nitrogen and oxygen atoms in total. The minimum Gasteiger partial charge on any atom is -0.366 e. The Morgan fingerprint density at radius 2 is 1.71 bits per heavy atom. The largest absolute Gasteiger partial charge is 0.416 e. The molecule has 21 heavy (non-hydrogen) atoms. The molecule has 1 aromatic carbocycles. The molecule has 0 saturated carbocycles. The van der Waals surface area contributed by atoms with Gasteiger partial charge in [-0.25, -0.2) is 0 Å². The van der Waals surface area contributed by atoms with Crippen LogP contribution in [0.1, 0.15) is 36.8 Å². The minimum atomic E-state index is -4.34. The van der Waals surface area contributed by atoms with Crippen LogP contribution in [0.5, 0.6) is 0 Å². The van der Waals surface area contributed by atoms with Crippen LogP contribution in [0.4, 0.5) is 13.2 Å². The zero-order chi connectivity index (χ0) is 15.8. The quantitative estimate of drug-likeness (QED) is 0.912. The molecule has 0 aliphatic heterocycles. The fourth-order valence-corrected chi connectivity index (χ4v) is 3.36. The average molecular weight is 313 g/mol. The van der Waals surface area contributed by atoms with Gasteiger partial charge in [-0.05, 0) is 43.5 Å². The summed E-state index contributed by atoms with van der Waals surface area (Å²) in [7, 11) is 0. The van der Waals surface area contributed by atoms with E-state index in [0.29, 0.717) is 17.5 Å². The number of hydrogen-bond acceptors (Lipinski definition) is 2. The van der Waals surface area contributed by atoms with Crippen LogP contribution in [-0.4, -0.2) is 5.91 Å². The SMILES string of the molecule is Cc1sc(C)c(C(N)=O)c1Cc1ccc(C(F)(F)F)cc1. The molecule has 1 heterocycles. The molecular formula is C15H14F3NOS. The molecule has 0 bridgehead atoms. The van der Waals surface area contributed by atoms with Crippen LogP contribution in [-0.2, 0) is 12.6 Å². The highest BCUT2D eigenvalue weighted by molar-refractivity contribution is 7.12. The number of benzene rings is 1. The number of nitrogens with two attached hydrogens (primary N) is 1. The maximum atomic E-state index is 12.5. The third-order valence-electron chi connectivity index (χ3n) is 3.29. The van der Waals surface area contributed by atoms with E-state index in [2.05, 4.69) is 0 Å². The molecule has 0 spiro atoms. The standard InChI is InChI=1S/C15H14F3NOS/c1-8-12(13(14(19)20)9(2)21-8)7-10-3-5-11(6-4-10)15(16,17)18/h3-6H,7H2,1-2H3,(H2,19,20). The van der Waals surface area contributed by atoms with Crippen molar-refractivity contribution in [3.63, 3.8) is 0 Å². The van der Waals surface area contributed by atoms with Gasteiger partial charge in [0.2, 0.25) is 5.91 Å². The van der Waals surface area contributed by atoms with Gasteiger partial charge in [0, 0.05) is 9.75 Å². The lowest BCUT2D eigenvalue weighted by molar-refractivity contribution is -0.137. The number of carbonyl (C=O) groups excluding carboxylic acids is 1. The van der Waals surface area contributed by atoms with Gasteiger partial charge < -0.3 is 5.73 Å². The Balaban J connectivity index is 2.33. The van der Waals surface area contributed by atoms with Gasteiger partial charge in [-0.2, -0.15) is 13.2 Å². The third kappa shape index (κ3) is 3.26. The first-order chi connectivity index (χ1) is 9.70. The van der Waals surface area contributed by atoms with Crippen LogP contribution in [0, 0.1) is 13.8 Å². The van der Waals surface area contributed by atoms with Crippen molar-refractivity contribution in [1.29, 1.82) is 0 Å². The monoisotopic (exact) mass is 313 g/mol. The summed E-state index contributed by atoms with van der Waals surface area (Å²) in [5, 5.41) is 0. The zero-order valence-corrected chi connectivity index (χ0v) is 12.4. The molecule has 1 aromatic heterocycles. The number of hydrogen-bond donors (Lipinski definition) is 1. The van der Waals surface area contributed by atoms with Crippen molar-refractivity contribution in [2.24, 2.45) is 5.73 Å². The van der Waals surface area contributed by atoms with E-state index in [1.165, 1.54) is 23.5 Å². The second kappa shape index (κ2) is 5.52. The van der Waals surface area contributed by atoms with Crippen LogP contribution < -0.4 is 5.73 Å². The number of rotatable bonds is 3. The topological polar surface area (TPSA) is 43.1 Å². The summed E-state index contributed by atoms with van der Waals surface area (Å²) in [5.74, 6) is -0.501. The van der Waals surface area contributed by atoms with E-state index in [1.54, 1.807) is 0 Å². The third-order valence-corrected chi connectivity index (χ3v) is 4.36.